The first-order valence-corrected chi connectivity index (χ1v) is 6.98. The van der Waals surface area contributed by atoms with E-state index in [1.54, 1.807) is 43.3 Å². The summed E-state index contributed by atoms with van der Waals surface area (Å²) in [6, 6.07) is 11.8. The van der Waals surface area contributed by atoms with Gasteiger partial charge in [0.2, 0.25) is 0 Å². The third kappa shape index (κ3) is 3.35. The highest BCUT2D eigenvalue weighted by molar-refractivity contribution is 9.10. The Labute approximate surface area is 125 Å². The van der Waals surface area contributed by atoms with Crippen molar-refractivity contribution >= 4 is 27.5 Å². The van der Waals surface area contributed by atoms with E-state index in [1.165, 1.54) is 6.07 Å². The topological polar surface area (TPSA) is 20.2 Å². The minimum absolute atomic E-state index is 0.312. The van der Waals surface area contributed by atoms with E-state index in [2.05, 4.69) is 15.9 Å². The van der Waals surface area contributed by atoms with Crippen LogP contribution in [0.15, 0.2) is 46.9 Å². The maximum absolute atomic E-state index is 13.5. The van der Waals surface area contributed by atoms with Crippen LogP contribution in [-0.2, 0) is 12.0 Å². The molecule has 0 aliphatic carbocycles. The van der Waals surface area contributed by atoms with Crippen LogP contribution < -0.4 is 0 Å². The predicted molar refractivity (Wildman–Crippen MR) is 78.8 cm³/mol. The van der Waals surface area contributed by atoms with Gasteiger partial charge in [0.25, 0.3) is 0 Å². The SMILES string of the molecule is CC(O)(Cc1cccc(F)c1Br)c1ccc(Cl)cc1. The van der Waals surface area contributed by atoms with E-state index >= 15 is 0 Å². The van der Waals surface area contributed by atoms with Crippen LogP contribution in [0.4, 0.5) is 4.39 Å². The van der Waals surface area contributed by atoms with Gasteiger partial charge in [0.15, 0.2) is 0 Å². The molecule has 19 heavy (non-hydrogen) atoms. The number of halogens is 3. The quantitative estimate of drug-likeness (QED) is 0.857. The Hall–Kier alpha value is -0.900. The molecule has 1 N–H and O–H groups in total. The fraction of sp³-hybridized carbons (Fsp3) is 0.200. The van der Waals surface area contributed by atoms with Gasteiger partial charge >= 0.3 is 0 Å². The van der Waals surface area contributed by atoms with Crippen molar-refractivity contribution in [1.29, 1.82) is 0 Å². The van der Waals surface area contributed by atoms with Gasteiger partial charge in [-0.05, 0) is 52.2 Å². The van der Waals surface area contributed by atoms with Crippen molar-refractivity contribution in [2.45, 2.75) is 18.9 Å². The molecule has 0 aliphatic rings. The molecule has 0 spiro atoms. The first kappa shape index (κ1) is 14.5. The second-order valence-electron chi connectivity index (χ2n) is 4.67. The maximum Gasteiger partial charge on any atom is 0.137 e. The maximum atomic E-state index is 13.5. The number of rotatable bonds is 3. The van der Waals surface area contributed by atoms with Crippen LogP contribution in [0.3, 0.4) is 0 Å². The van der Waals surface area contributed by atoms with Crippen molar-refractivity contribution in [2.24, 2.45) is 0 Å². The molecular formula is C15H13BrClFO. The number of hydrogen-bond donors (Lipinski definition) is 1. The van der Waals surface area contributed by atoms with E-state index in [4.69, 9.17) is 11.6 Å². The lowest BCUT2D eigenvalue weighted by Crippen LogP contribution is -2.24. The molecule has 0 saturated heterocycles. The summed E-state index contributed by atoms with van der Waals surface area (Å²) < 4.78 is 13.9. The van der Waals surface area contributed by atoms with Crippen LogP contribution in [-0.4, -0.2) is 5.11 Å². The summed E-state index contributed by atoms with van der Waals surface area (Å²) in [6.07, 6.45) is 0.312. The molecule has 0 radical (unpaired) electrons. The standard InChI is InChI=1S/C15H13BrClFO/c1-15(19,11-5-7-12(17)8-6-11)9-10-3-2-4-13(18)14(10)16/h2-8,19H,9H2,1H3. The van der Waals surface area contributed by atoms with Gasteiger partial charge < -0.3 is 5.11 Å². The second-order valence-corrected chi connectivity index (χ2v) is 5.90. The van der Waals surface area contributed by atoms with Gasteiger partial charge in [0, 0.05) is 11.4 Å². The molecule has 0 heterocycles. The van der Waals surface area contributed by atoms with Crippen LogP contribution in [0.2, 0.25) is 5.02 Å². The fourth-order valence-electron chi connectivity index (χ4n) is 1.97. The summed E-state index contributed by atoms with van der Waals surface area (Å²) in [5, 5.41) is 11.2. The van der Waals surface area contributed by atoms with Gasteiger partial charge in [-0.1, -0.05) is 35.9 Å². The lowest BCUT2D eigenvalue weighted by molar-refractivity contribution is 0.0574. The van der Waals surface area contributed by atoms with Crippen LogP contribution in [0, 0.1) is 5.82 Å². The zero-order chi connectivity index (χ0) is 14.0. The van der Waals surface area contributed by atoms with Gasteiger partial charge in [-0.15, -0.1) is 0 Å². The highest BCUT2D eigenvalue weighted by Crippen LogP contribution is 2.30. The lowest BCUT2D eigenvalue weighted by atomic mass is 9.89. The van der Waals surface area contributed by atoms with Crippen molar-refractivity contribution in [2.75, 3.05) is 0 Å². The van der Waals surface area contributed by atoms with Crippen molar-refractivity contribution in [1.82, 2.24) is 0 Å². The molecule has 0 aliphatic heterocycles. The minimum Gasteiger partial charge on any atom is -0.385 e. The molecule has 0 saturated carbocycles. The van der Waals surface area contributed by atoms with E-state index in [9.17, 15) is 9.50 Å². The normalized spacial score (nSPS) is 14.2. The first-order valence-electron chi connectivity index (χ1n) is 5.81. The summed E-state index contributed by atoms with van der Waals surface area (Å²) in [6.45, 7) is 1.70. The average Bonchev–Trinajstić information content (AvgIpc) is 2.35. The molecule has 100 valence electrons. The van der Waals surface area contributed by atoms with Gasteiger partial charge in [-0.3, -0.25) is 0 Å². The number of benzene rings is 2. The molecule has 2 aromatic carbocycles. The molecule has 1 unspecified atom stereocenters. The largest absolute Gasteiger partial charge is 0.385 e. The van der Waals surface area contributed by atoms with E-state index in [-0.39, 0.29) is 5.82 Å². The van der Waals surface area contributed by atoms with Gasteiger partial charge in [-0.25, -0.2) is 4.39 Å². The monoisotopic (exact) mass is 342 g/mol. The Morgan fingerprint density at radius 1 is 1.21 bits per heavy atom. The van der Waals surface area contributed by atoms with Crippen molar-refractivity contribution in [3.63, 3.8) is 0 Å². The molecule has 1 nitrogen and oxygen atoms in total. The Bertz CT molecular complexity index is 581. The van der Waals surface area contributed by atoms with E-state index in [0.29, 0.717) is 15.9 Å². The molecule has 0 bridgehead atoms. The predicted octanol–water partition coefficient (Wildman–Crippen LogP) is 4.69. The Kier molecular flexibility index (Phi) is 4.29. The smallest absolute Gasteiger partial charge is 0.137 e. The van der Waals surface area contributed by atoms with E-state index < -0.39 is 5.60 Å². The van der Waals surface area contributed by atoms with Crippen LogP contribution in [0.25, 0.3) is 0 Å². The molecule has 0 amide bonds. The molecule has 4 heteroatoms. The number of hydrogen-bond acceptors (Lipinski definition) is 1. The summed E-state index contributed by atoms with van der Waals surface area (Å²) in [5.74, 6) is -0.329. The first-order chi connectivity index (χ1) is 8.90. The van der Waals surface area contributed by atoms with Crippen LogP contribution in [0.5, 0.6) is 0 Å². The summed E-state index contributed by atoms with van der Waals surface area (Å²) in [4.78, 5) is 0. The number of aliphatic hydroxyl groups is 1. The molecule has 2 rings (SSSR count). The summed E-state index contributed by atoms with van der Waals surface area (Å²) in [5.41, 5.74) is 0.383. The molecule has 0 aromatic heterocycles. The third-order valence-corrected chi connectivity index (χ3v) is 4.17. The fourth-order valence-corrected chi connectivity index (χ4v) is 2.50. The Morgan fingerprint density at radius 2 is 1.84 bits per heavy atom. The molecule has 0 fully saturated rings. The molecule has 2 aromatic rings. The van der Waals surface area contributed by atoms with Crippen LogP contribution in [0.1, 0.15) is 18.1 Å². The molecule has 1 atom stereocenters. The van der Waals surface area contributed by atoms with E-state index in [0.717, 1.165) is 11.1 Å². The second kappa shape index (κ2) is 5.61. The zero-order valence-corrected chi connectivity index (χ0v) is 12.7. The average molecular weight is 344 g/mol. The molecular weight excluding hydrogens is 331 g/mol. The highest BCUT2D eigenvalue weighted by atomic mass is 79.9. The van der Waals surface area contributed by atoms with Gasteiger partial charge in [0.05, 0.1) is 10.1 Å². The summed E-state index contributed by atoms with van der Waals surface area (Å²) >= 11 is 9.04. The van der Waals surface area contributed by atoms with Gasteiger partial charge in [-0.2, -0.15) is 0 Å². The van der Waals surface area contributed by atoms with Crippen molar-refractivity contribution < 1.29 is 9.50 Å². The Balaban J connectivity index is 2.30. The van der Waals surface area contributed by atoms with Crippen molar-refractivity contribution in [3.8, 4) is 0 Å². The third-order valence-electron chi connectivity index (χ3n) is 3.03. The Morgan fingerprint density at radius 3 is 2.47 bits per heavy atom. The summed E-state index contributed by atoms with van der Waals surface area (Å²) in [7, 11) is 0. The van der Waals surface area contributed by atoms with E-state index in [1.807, 2.05) is 0 Å². The van der Waals surface area contributed by atoms with Crippen LogP contribution >= 0.6 is 27.5 Å². The lowest BCUT2D eigenvalue weighted by Gasteiger charge is -2.24. The highest BCUT2D eigenvalue weighted by Gasteiger charge is 2.25. The van der Waals surface area contributed by atoms with Gasteiger partial charge in [0.1, 0.15) is 5.82 Å². The van der Waals surface area contributed by atoms with Crippen molar-refractivity contribution in [3.05, 3.63) is 68.9 Å². The zero-order valence-electron chi connectivity index (χ0n) is 10.3. The minimum atomic E-state index is -1.08.